The van der Waals surface area contributed by atoms with Gasteiger partial charge in [-0.05, 0) is 39.7 Å². The quantitative estimate of drug-likeness (QED) is 0.753. The lowest BCUT2D eigenvalue weighted by Gasteiger charge is -2.04. The van der Waals surface area contributed by atoms with E-state index in [1.807, 2.05) is 0 Å². The SMILES string of the molecule is FC(F)(Cl)c1nnc2ccc(Br)cn12. The third-order valence-corrected chi connectivity index (χ3v) is 2.26. The lowest BCUT2D eigenvalue weighted by atomic mass is 10.4. The zero-order valence-electron chi connectivity index (χ0n) is 6.59. The van der Waals surface area contributed by atoms with E-state index in [0.29, 0.717) is 10.1 Å². The predicted octanol–water partition coefficient (Wildman–Crippen LogP) is 2.78. The number of aromatic nitrogens is 3. The molecule has 0 aromatic carbocycles. The molecule has 0 aliphatic rings. The first-order valence-electron chi connectivity index (χ1n) is 3.56. The molecule has 0 saturated carbocycles. The van der Waals surface area contributed by atoms with Crippen LogP contribution in [0.5, 0.6) is 0 Å². The monoisotopic (exact) mass is 281 g/mol. The molecular weight excluding hydrogens is 279 g/mol. The molecule has 0 N–H and O–H groups in total. The van der Waals surface area contributed by atoms with Crippen molar-refractivity contribution in [3.05, 3.63) is 28.6 Å². The van der Waals surface area contributed by atoms with Crippen LogP contribution in [-0.4, -0.2) is 14.6 Å². The molecule has 3 nitrogen and oxygen atoms in total. The van der Waals surface area contributed by atoms with E-state index in [9.17, 15) is 8.78 Å². The summed E-state index contributed by atoms with van der Waals surface area (Å²) in [7, 11) is 0. The van der Waals surface area contributed by atoms with Gasteiger partial charge in [-0.15, -0.1) is 10.2 Å². The third kappa shape index (κ3) is 1.59. The molecule has 0 unspecified atom stereocenters. The Balaban J connectivity index is 2.73. The number of hydrogen-bond donors (Lipinski definition) is 0. The maximum absolute atomic E-state index is 12.8. The molecule has 2 aromatic heterocycles. The van der Waals surface area contributed by atoms with Crippen molar-refractivity contribution >= 4 is 33.2 Å². The van der Waals surface area contributed by atoms with E-state index >= 15 is 0 Å². The van der Waals surface area contributed by atoms with Crippen LogP contribution in [0.3, 0.4) is 0 Å². The van der Waals surface area contributed by atoms with Crippen molar-refractivity contribution in [2.75, 3.05) is 0 Å². The molecule has 14 heavy (non-hydrogen) atoms. The van der Waals surface area contributed by atoms with Gasteiger partial charge >= 0.3 is 5.38 Å². The van der Waals surface area contributed by atoms with Gasteiger partial charge in [-0.3, -0.25) is 4.40 Å². The first-order chi connectivity index (χ1) is 6.48. The molecular formula is C7H3BrClF2N3. The maximum Gasteiger partial charge on any atom is 0.382 e. The second kappa shape index (κ2) is 3.13. The van der Waals surface area contributed by atoms with E-state index in [4.69, 9.17) is 11.6 Å². The number of alkyl halides is 3. The number of halogens is 4. The average molecular weight is 282 g/mol. The zero-order chi connectivity index (χ0) is 10.3. The molecule has 0 atom stereocenters. The standard InChI is InChI=1S/C7H3BrClF2N3/c8-4-1-2-5-12-13-6(7(9,10)11)14(5)3-4/h1-3H. The van der Waals surface area contributed by atoms with Crippen LogP contribution in [0.25, 0.3) is 5.65 Å². The maximum atomic E-state index is 12.8. The summed E-state index contributed by atoms with van der Waals surface area (Å²) >= 11 is 8.01. The highest BCUT2D eigenvalue weighted by Crippen LogP contribution is 2.31. The van der Waals surface area contributed by atoms with Crippen molar-refractivity contribution in [1.29, 1.82) is 0 Å². The number of fused-ring (bicyclic) bond motifs is 1. The molecule has 2 aromatic rings. The second-order valence-corrected chi connectivity index (χ2v) is 3.99. The van der Waals surface area contributed by atoms with Gasteiger partial charge in [-0.25, -0.2) is 0 Å². The van der Waals surface area contributed by atoms with Crippen molar-refractivity contribution in [2.45, 2.75) is 5.38 Å². The molecule has 0 saturated heterocycles. The van der Waals surface area contributed by atoms with Crippen LogP contribution in [-0.2, 0) is 5.38 Å². The Kier molecular flexibility index (Phi) is 2.19. The second-order valence-electron chi connectivity index (χ2n) is 2.60. The van der Waals surface area contributed by atoms with Gasteiger partial charge in [-0.1, -0.05) is 0 Å². The zero-order valence-corrected chi connectivity index (χ0v) is 8.93. The fourth-order valence-electron chi connectivity index (χ4n) is 1.06. The Bertz CT molecular complexity index is 479. The molecule has 2 rings (SSSR count). The average Bonchev–Trinajstić information content (AvgIpc) is 2.45. The van der Waals surface area contributed by atoms with Crippen LogP contribution in [0.2, 0.25) is 0 Å². The summed E-state index contributed by atoms with van der Waals surface area (Å²) in [6, 6.07) is 3.24. The fraction of sp³-hybridized carbons (Fsp3) is 0.143. The van der Waals surface area contributed by atoms with Crippen molar-refractivity contribution in [3.63, 3.8) is 0 Å². The van der Waals surface area contributed by atoms with E-state index in [0.717, 1.165) is 4.40 Å². The Morgan fingerprint density at radius 3 is 2.71 bits per heavy atom. The summed E-state index contributed by atoms with van der Waals surface area (Å²) in [5.41, 5.74) is 0.323. The van der Waals surface area contributed by atoms with Gasteiger partial charge in [0.15, 0.2) is 5.65 Å². The molecule has 0 aliphatic carbocycles. The summed E-state index contributed by atoms with van der Waals surface area (Å²) in [5, 5.41) is 3.36. The summed E-state index contributed by atoms with van der Waals surface area (Å²) in [5.74, 6) is -0.588. The van der Waals surface area contributed by atoms with Crippen molar-refractivity contribution < 1.29 is 8.78 Å². The van der Waals surface area contributed by atoms with Crippen molar-refractivity contribution in [1.82, 2.24) is 14.6 Å². The predicted molar refractivity (Wildman–Crippen MR) is 50.4 cm³/mol. The van der Waals surface area contributed by atoms with Crippen LogP contribution in [0.1, 0.15) is 5.82 Å². The van der Waals surface area contributed by atoms with Crippen LogP contribution in [0.15, 0.2) is 22.8 Å². The molecule has 0 radical (unpaired) electrons. The molecule has 0 aliphatic heterocycles. The lowest BCUT2D eigenvalue weighted by Crippen LogP contribution is -2.09. The smallest absolute Gasteiger partial charge is 0.279 e. The number of hydrogen-bond acceptors (Lipinski definition) is 2. The topological polar surface area (TPSA) is 30.2 Å². The molecule has 0 bridgehead atoms. The minimum atomic E-state index is -3.51. The van der Waals surface area contributed by atoms with Crippen molar-refractivity contribution in [3.8, 4) is 0 Å². The summed E-state index contributed by atoms with van der Waals surface area (Å²) in [6.45, 7) is 0. The van der Waals surface area contributed by atoms with E-state index < -0.39 is 11.2 Å². The van der Waals surface area contributed by atoms with Gasteiger partial charge in [0, 0.05) is 10.7 Å². The third-order valence-electron chi connectivity index (χ3n) is 1.62. The number of nitrogens with zero attached hydrogens (tertiary/aromatic N) is 3. The molecule has 0 spiro atoms. The van der Waals surface area contributed by atoms with E-state index in [2.05, 4.69) is 26.1 Å². The van der Waals surface area contributed by atoms with Gasteiger partial charge in [0.2, 0.25) is 5.82 Å². The summed E-state index contributed by atoms with van der Waals surface area (Å²) in [6.07, 6.45) is 1.43. The minimum absolute atomic E-state index is 0.323. The van der Waals surface area contributed by atoms with Crippen molar-refractivity contribution in [2.24, 2.45) is 0 Å². The van der Waals surface area contributed by atoms with E-state index in [-0.39, 0.29) is 0 Å². The molecule has 0 fully saturated rings. The van der Waals surface area contributed by atoms with Crippen LogP contribution >= 0.6 is 27.5 Å². The van der Waals surface area contributed by atoms with E-state index in [1.165, 1.54) is 6.20 Å². The summed E-state index contributed by atoms with van der Waals surface area (Å²) < 4.78 is 27.3. The highest BCUT2D eigenvalue weighted by Gasteiger charge is 2.34. The van der Waals surface area contributed by atoms with Gasteiger partial charge in [0.05, 0.1) is 0 Å². The van der Waals surface area contributed by atoms with E-state index in [1.54, 1.807) is 12.1 Å². The van der Waals surface area contributed by atoms with Gasteiger partial charge in [0.25, 0.3) is 0 Å². The highest BCUT2D eigenvalue weighted by molar-refractivity contribution is 9.10. The normalized spacial score (nSPS) is 12.3. The molecule has 2 heterocycles. The Labute approximate surface area is 90.8 Å². The summed E-state index contributed by atoms with van der Waals surface area (Å²) in [4.78, 5) is 0. The van der Waals surface area contributed by atoms with Gasteiger partial charge < -0.3 is 0 Å². The highest BCUT2D eigenvalue weighted by atomic mass is 79.9. The minimum Gasteiger partial charge on any atom is -0.279 e. The molecule has 7 heteroatoms. The number of rotatable bonds is 1. The Hall–Kier alpha value is -0.750. The number of pyridine rings is 1. The largest absolute Gasteiger partial charge is 0.382 e. The Morgan fingerprint density at radius 1 is 1.36 bits per heavy atom. The van der Waals surface area contributed by atoms with Crippen LogP contribution in [0, 0.1) is 0 Å². The van der Waals surface area contributed by atoms with Gasteiger partial charge in [-0.2, -0.15) is 8.78 Å². The Morgan fingerprint density at radius 2 is 2.07 bits per heavy atom. The first-order valence-corrected chi connectivity index (χ1v) is 4.73. The first kappa shape index (κ1) is 9.79. The fourth-order valence-corrected chi connectivity index (χ4v) is 1.52. The van der Waals surface area contributed by atoms with Crippen LogP contribution < -0.4 is 0 Å². The lowest BCUT2D eigenvalue weighted by molar-refractivity contribution is 0.0832. The van der Waals surface area contributed by atoms with Crippen LogP contribution in [0.4, 0.5) is 8.78 Å². The van der Waals surface area contributed by atoms with Gasteiger partial charge in [0.1, 0.15) is 0 Å². The molecule has 0 amide bonds. The molecule has 74 valence electrons.